The number of carbonyl (C=O) groups excluding carboxylic acids is 1. The molecule has 0 saturated heterocycles. The highest BCUT2D eigenvalue weighted by Gasteiger charge is 2.37. The maximum absolute atomic E-state index is 12.1. The number of aliphatic hydroxyl groups excluding tert-OH is 1. The maximum Gasteiger partial charge on any atom is 0.227 e. The summed E-state index contributed by atoms with van der Waals surface area (Å²) in [5.74, 6) is 0.0298. The van der Waals surface area contributed by atoms with Gasteiger partial charge in [-0.05, 0) is 19.3 Å². The van der Waals surface area contributed by atoms with Gasteiger partial charge in [0.05, 0.1) is 11.5 Å². The molecule has 4 N–H and O–H groups in total. The number of nitrogens with one attached hydrogen (secondary N) is 1. The van der Waals surface area contributed by atoms with Gasteiger partial charge < -0.3 is 16.2 Å². The summed E-state index contributed by atoms with van der Waals surface area (Å²) < 4.78 is 0. The third-order valence-electron chi connectivity index (χ3n) is 3.65. The molecule has 4 heteroatoms. The molecule has 94 valence electrons. The molecule has 0 aromatic heterocycles. The first kappa shape index (κ1) is 13.5. The van der Waals surface area contributed by atoms with E-state index in [0.29, 0.717) is 19.5 Å². The van der Waals surface area contributed by atoms with Gasteiger partial charge in [-0.25, -0.2) is 0 Å². The van der Waals surface area contributed by atoms with Crippen molar-refractivity contribution in [2.45, 2.75) is 51.6 Å². The lowest BCUT2D eigenvalue weighted by Gasteiger charge is -2.34. The highest BCUT2D eigenvalue weighted by Crippen LogP contribution is 2.35. The Morgan fingerprint density at radius 3 is 2.56 bits per heavy atom. The van der Waals surface area contributed by atoms with Crippen LogP contribution in [0.5, 0.6) is 0 Å². The van der Waals surface area contributed by atoms with Crippen LogP contribution in [0.1, 0.15) is 45.4 Å². The lowest BCUT2D eigenvalue weighted by Crippen LogP contribution is -2.48. The van der Waals surface area contributed by atoms with Gasteiger partial charge >= 0.3 is 0 Å². The van der Waals surface area contributed by atoms with Crippen molar-refractivity contribution in [1.29, 1.82) is 0 Å². The lowest BCUT2D eigenvalue weighted by atomic mass is 9.73. The molecule has 1 unspecified atom stereocenters. The molecule has 0 aromatic carbocycles. The van der Waals surface area contributed by atoms with Crippen molar-refractivity contribution in [3.63, 3.8) is 0 Å². The van der Waals surface area contributed by atoms with E-state index in [1.807, 2.05) is 6.92 Å². The van der Waals surface area contributed by atoms with Crippen LogP contribution in [0.25, 0.3) is 0 Å². The van der Waals surface area contributed by atoms with Crippen molar-refractivity contribution < 1.29 is 9.90 Å². The van der Waals surface area contributed by atoms with Gasteiger partial charge in [-0.3, -0.25) is 4.79 Å². The zero-order valence-electron chi connectivity index (χ0n) is 10.2. The topological polar surface area (TPSA) is 75.3 Å². The Bertz CT molecular complexity index is 225. The van der Waals surface area contributed by atoms with Crippen LogP contribution in [0.3, 0.4) is 0 Å². The van der Waals surface area contributed by atoms with Crippen LogP contribution in [0.2, 0.25) is 0 Å². The number of carbonyl (C=O) groups is 1. The molecule has 1 saturated carbocycles. The molecule has 1 fully saturated rings. The van der Waals surface area contributed by atoms with Crippen molar-refractivity contribution in [3.05, 3.63) is 0 Å². The molecule has 1 aliphatic rings. The average Bonchev–Trinajstić information content (AvgIpc) is 2.36. The molecule has 0 aromatic rings. The van der Waals surface area contributed by atoms with E-state index >= 15 is 0 Å². The van der Waals surface area contributed by atoms with Gasteiger partial charge in [0, 0.05) is 13.1 Å². The summed E-state index contributed by atoms with van der Waals surface area (Å²) in [5.41, 5.74) is 5.39. The quantitative estimate of drug-likeness (QED) is 0.651. The molecule has 1 aliphatic carbocycles. The molecule has 1 rings (SSSR count). The van der Waals surface area contributed by atoms with Gasteiger partial charge in [0.1, 0.15) is 0 Å². The summed E-state index contributed by atoms with van der Waals surface area (Å²) in [5, 5.41) is 12.2. The lowest BCUT2D eigenvalue weighted by molar-refractivity contribution is -0.132. The summed E-state index contributed by atoms with van der Waals surface area (Å²) in [4.78, 5) is 12.1. The van der Waals surface area contributed by atoms with Gasteiger partial charge in [-0.1, -0.05) is 26.2 Å². The molecule has 16 heavy (non-hydrogen) atoms. The monoisotopic (exact) mass is 228 g/mol. The molecule has 0 heterocycles. The van der Waals surface area contributed by atoms with Gasteiger partial charge in [-0.2, -0.15) is 0 Å². The number of rotatable bonds is 5. The molecule has 1 atom stereocenters. The smallest absolute Gasteiger partial charge is 0.227 e. The third kappa shape index (κ3) is 3.19. The Morgan fingerprint density at radius 2 is 2.06 bits per heavy atom. The summed E-state index contributed by atoms with van der Waals surface area (Å²) in [6, 6.07) is 0. The molecular weight excluding hydrogens is 204 g/mol. The minimum Gasteiger partial charge on any atom is -0.391 e. The van der Waals surface area contributed by atoms with Crippen molar-refractivity contribution in [3.8, 4) is 0 Å². The van der Waals surface area contributed by atoms with Crippen LogP contribution in [-0.4, -0.2) is 30.2 Å². The first-order chi connectivity index (χ1) is 7.64. The number of aliphatic hydroxyl groups is 1. The second kappa shape index (κ2) is 6.21. The Balaban J connectivity index is 2.48. The van der Waals surface area contributed by atoms with E-state index in [9.17, 15) is 9.90 Å². The largest absolute Gasteiger partial charge is 0.391 e. The Labute approximate surface area is 97.6 Å². The summed E-state index contributed by atoms with van der Waals surface area (Å²) >= 11 is 0. The van der Waals surface area contributed by atoms with Crippen LogP contribution in [0.15, 0.2) is 0 Å². The van der Waals surface area contributed by atoms with Crippen LogP contribution in [-0.2, 0) is 4.79 Å². The number of hydrogen-bond acceptors (Lipinski definition) is 3. The fourth-order valence-corrected chi connectivity index (χ4v) is 2.29. The van der Waals surface area contributed by atoms with E-state index in [4.69, 9.17) is 5.73 Å². The molecule has 0 bridgehead atoms. The fourth-order valence-electron chi connectivity index (χ4n) is 2.29. The number of hydrogen-bond donors (Lipinski definition) is 3. The van der Waals surface area contributed by atoms with Crippen molar-refractivity contribution in [1.82, 2.24) is 5.32 Å². The fraction of sp³-hybridized carbons (Fsp3) is 0.917. The van der Waals surface area contributed by atoms with Gasteiger partial charge in [0.15, 0.2) is 0 Å². The zero-order valence-corrected chi connectivity index (χ0v) is 10.2. The van der Waals surface area contributed by atoms with Crippen LogP contribution in [0, 0.1) is 5.41 Å². The van der Waals surface area contributed by atoms with E-state index < -0.39 is 6.10 Å². The Kier molecular flexibility index (Phi) is 5.22. The van der Waals surface area contributed by atoms with Crippen LogP contribution >= 0.6 is 0 Å². The number of amides is 1. The van der Waals surface area contributed by atoms with E-state index in [1.165, 1.54) is 6.42 Å². The Morgan fingerprint density at radius 1 is 1.44 bits per heavy atom. The van der Waals surface area contributed by atoms with Crippen molar-refractivity contribution >= 4 is 5.91 Å². The van der Waals surface area contributed by atoms with E-state index in [0.717, 1.165) is 25.7 Å². The third-order valence-corrected chi connectivity index (χ3v) is 3.65. The van der Waals surface area contributed by atoms with Crippen LogP contribution in [0.4, 0.5) is 0 Å². The number of nitrogens with two attached hydrogens (primary N) is 1. The first-order valence-corrected chi connectivity index (χ1v) is 6.31. The molecule has 1 amide bonds. The van der Waals surface area contributed by atoms with E-state index in [2.05, 4.69) is 5.32 Å². The van der Waals surface area contributed by atoms with E-state index in [-0.39, 0.29) is 11.3 Å². The summed E-state index contributed by atoms with van der Waals surface area (Å²) in [7, 11) is 0. The zero-order chi connectivity index (χ0) is 12.0. The van der Waals surface area contributed by atoms with Crippen molar-refractivity contribution in [2.24, 2.45) is 11.1 Å². The second-order valence-electron chi connectivity index (χ2n) is 4.82. The SMILES string of the molecule is CCC(O)CNC(=O)C1(CN)CCCCC1. The van der Waals surface area contributed by atoms with E-state index in [1.54, 1.807) is 0 Å². The molecular formula is C12H24N2O2. The predicted octanol–water partition coefficient (Wildman–Crippen LogP) is 0.783. The first-order valence-electron chi connectivity index (χ1n) is 6.31. The maximum atomic E-state index is 12.1. The minimum absolute atomic E-state index is 0.0298. The minimum atomic E-state index is -0.442. The highest BCUT2D eigenvalue weighted by atomic mass is 16.3. The molecule has 0 aliphatic heterocycles. The highest BCUT2D eigenvalue weighted by molar-refractivity contribution is 5.83. The second-order valence-corrected chi connectivity index (χ2v) is 4.82. The van der Waals surface area contributed by atoms with Crippen molar-refractivity contribution in [2.75, 3.05) is 13.1 Å². The van der Waals surface area contributed by atoms with Crippen LogP contribution < -0.4 is 11.1 Å². The standard InChI is InChI=1S/C12H24N2O2/c1-2-10(15)8-14-11(16)12(9-13)6-4-3-5-7-12/h10,15H,2-9,13H2,1H3,(H,14,16). The molecule has 0 spiro atoms. The predicted molar refractivity (Wildman–Crippen MR) is 63.9 cm³/mol. The normalized spacial score (nSPS) is 21.4. The Hall–Kier alpha value is -0.610. The summed E-state index contributed by atoms with van der Waals surface area (Å²) in [6.45, 7) is 2.66. The van der Waals surface area contributed by atoms with Gasteiger partial charge in [0.25, 0.3) is 0 Å². The summed E-state index contributed by atoms with van der Waals surface area (Å²) in [6.07, 6.45) is 5.36. The average molecular weight is 228 g/mol. The molecule has 4 nitrogen and oxygen atoms in total. The molecule has 0 radical (unpaired) electrons. The van der Waals surface area contributed by atoms with Gasteiger partial charge in [-0.15, -0.1) is 0 Å². The van der Waals surface area contributed by atoms with Gasteiger partial charge in [0.2, 0.25) is 5.91 Å².